The Kier molecular flexibility index (Phi) is 3.36. The van der Waals surface area contributed by atoms with Crippen molar-refractivity contribution in [3.63, 3.8) is 0 Å². The lowest BCUT2D eigenvalue weighted by molar-refractivity contribution is 0.545. The fourth-order valence-electron chi connectivity index (χ4n) is 3.18. The minimum Gasteiger partial charge on any atom is -0.0840 e. The van der Waals surface area contributed by atoms with Crippen LogP contribution in [0.1, 0.15) is 53.9 Å². The summed E-state index contributed by atoms with van der Waals surface area (Å²) in [6, 6.07) is 15.4. The number of rotatable bonds is 1. The summed E-state index contributed by atoms with van der Waals surface area (Å²) in [5, 5.41) is 0.883. The van der Waals surface area contributed by atoms with Gasteiger partial charge >= 0.3 is 0 Å². The quantitative estimate of drug-likeness (QED) is 0.626. The van der Waals surface area contributed by atoms with E-state index in [1.807, 2.05) is 0 Å². The van der Waals surface area contributed by atoms with Crippen molar-refractivity contribution in [2.24, 2.45) is 0 Å². The Balaban J connectivity index is 2.07. The summed E-state index contributed by atoms with van der Waals surface area (Å²) in [5.41, 5.74) is 5.51. The van der Waals surface area contributed by atoms with Crippen LogP contribution in [0.15, 0.2) is 42.5 Å². The van der Waals surface area contributed by atoms with Gasteiger partial charge in [0.05, 0.1) is 0 Å². The highest BCUT2D eigenvalue weighted by Gasteiger charge is 2.25. The van der Waals surface area contributed by atoms with Gasteiger partial charge in [0.1, 0.15) is 0 Å². The Morgan fingerprint density at radius 2 is 1.74 bits per heavy atom. The van der Waals surface area contributed by atoms with Gasteiger partial charge in [-0.25, -0.2) is 0 Å². The van der Waals surface area contributed by atoms with Crippen molar-refractivity contribution in [1.82, 2.24) is 0 Å². The van der Waals surface area contributed by atoms with E-state index in [1.54, 1.807) is 0 Å². The number of aryl methyl sites for hydroxylation is 1. The van der Waals surface area contributed by atoms with Gasteiger partial charge in [-0.3, -0.25) is 0 Å². The first kappa shape index (κ1) is 12.7. The summed E-state index contributed by atoms with van der Waals surface area (Å²) in [6.07, 6.45) is 2.48. The molecule has 1 aliphatic rings. The second-order valence-electron chi connectivity index (χ2n) is 5.67. The standard InChI is InChI=1S/C18H19Cl/c1-12-8-10-16(17-6-4-3-5-15(12)17)14-9-7-13(2)18(19)11-14/h3-7,9,11-12,16H,8,10H2,1-2H3. The second kappa shape index (κ2) is 5.02. The van der Waals surface area contributed by atoms with E-state index in [1.165, 1.54) is 29.5 Å². The van der Waals surface area contributed by atoms with E-state index in [0.717, 1.165) is 10.6 Å². The van der Waals surface area contributed by atoms with Crippen molar-refractivity contribution >= 4 is 11.6 Å². The maximum absolute atomic E-state index is 6.29. The average molecular weight is 271 g/mol. The van der Waals surface area contributed by atoms with Crippen LogP contribution < -0.4 is 0 Å². The summed E-state index contributed by atoms with van der Waals surface area (Å²) in [7, 11) is 0. The number of fused-ring (bicyclic) bond motifs is 1. The molecule has 98 valence electrons. The lowest BCUT2D eigenvalue weighted by atomic mass is 9.74. The predicted octanol–water partition coefficient (Wildman–Crippen LogP) is 5.68. The highest BCUT2D eigenvalue weighted by molar-refractivity contribution is 6.31. The van der Waals surface area contributed by atoms with Gasteiger partial charge < -0.3 is 0 Å². The van der Waals surface area contributed by atoms with Crippen LogP contribution >= 0.6 is 11.6 Å². The Morgan fingerprint density at radius 3 is 2.47 bits per heavy atom. The van der Waals surface area contributed by atoms with Crippen LogP contribution in [0.2, 0.25) is 5.02 Å². The molecule has 0 saturated carbocycles. The van der Waals surface area contributed by atoms with Crippen LogP contribution in [0.5, 0.6) is 0 Å². The zero-order valence-electron chi connectivity index (χ0n) is 11.5. The maximum Gasteiger partial charge on any atom is 0.0438 e. The molecule has 2 unspecified atom stereocenters. The summed E-state index contributed by atoms with van der Waals surface area (Å²) >= 11 is 6.29. The van der Waals surface area contributed by atoms with Gasteiger partial charge in [-0.2, -0.15) is 0 Å². The van der Waals surface area contributed by atoms with Crippen molar-refractivity contribution < 1.29 is 0 Å². The zero-order chi connectivity index (χ0) is 13.4. The van der Waals surface area contributed by atoms with E-state index in [4.69, 9.17) is 11.6 Å². The first-order valence-corrected chi connectivity index (χ1v) is 7.39. The molecule has 2 aromatic rings. The fourth-order valence-corrected chi connectivity index (χ4v) is 3.37. The second-order valence-corrected chi connectivity index (χ2v) is 6.08. The zero-order valence-corrected chi connectivity index (χ0v) is 12.2. The molecular formula is C18H19Cl. The van der Waals surface area contributed by atoms with E-state index in [-0.39, 0.29) is 0 Å². The van der Waals surface area contributed by atoms with Crippen molar-refractivity contribution in [3.05, 3.63) is 69.7 Å². The van der Waals surface area contributed by atoms with E-state index in [0.29, 0.717) is 11.8 Å². The Hall–Kier alpha value is -1.27. The normalized spacial score (nSPS) is 22.1. The smallest absolute Gasteiger partial charge is 0.0438 e. The lowest BCUT2D eigenvalue weighted by Crippen LogP contribution is -2.13. The highest BCUT2D eigenvalue weighted by Crippen LogP contribution is 2.42. The number of halogens is 1. The van der Waals surface area contributed by atoms with E-state index in [2.05, 4.69) is 56.3 Å². The molecule has 0 bridgehead atoms. The Bertz CT molecular complexity index is 600. The minimum atomic E-state index is 0.505. The van der Waals surface area contributed by atoms with Crippen LogP contribution in [0.3, 0.4) is 0 Å². The summed E-state index contributed by atoms with van der Waals surface area (Å²) in [4.78, 5) is 0. The van der Waals surface area contributed by atoms with Crippen LogP contribution in [-0.2, 0) is 0 Å². The van der Waals surface area contributed by atoms with Gasteiger partial charge in [0.2, 0.25) is 0 Å². The Morgan fingerprint density at radius 1 is 1.00 bits per heavy atom. The molecule has 2 aromatic carbocycles. The van der Waals surface area contributed by atoms with Crippen molar-refractivity contribution in [2.45, 2.75) is 38.5 Å². The molecule has 0 heterocycles. The first-order chi connectivity index (χ1) is 9.16. The summed E-state index contributed by atoms with van der Waals surface area (Å²) in [6.45, 7) is 4.39. The Labute approximate surface area is 120 Å². The van der Waals surface area contributed by atoms with Gasteiger partial charge in [0, 0.05) is 10.9 Å². The van der Waals surface area contributed by atoms with Crippen LogP contribution in [-0.4, -0.2) is 0 Å². The molecule has 0 N–H and O–H groups in total. The van der Waals surface area contributed by atoms with E-state index < -0.39 is 0 Å². The lowest BCUT2D eigenvalue weighted by Gasteiger charge is -2.30. The largest absolute Gasteiger partial charge is 0.0840 e. The van der Waals surface area contributed by atoms with E-state index in [9.17, 15) is 0 Å². The van der Waals surface area contributed by atoms with Gasteiger partial charge in [0.15, 0.2) is 0 Å². The molecule has 0 amide bonds. The summed E-state index contributed by atoms with van der Waals surface area (Å²) < 4.78 is 0. The van der Waals surface area contributed by atoms with Gasteiger partial charge in [-0.1, -0.05) is 54.9 Å². The number of benzene rings is 2. The molecule has 0 radical (unpaired) electrons. The molecule has 1 aliphatic carbocycles. The third-order valence-corrected chi connectivity index (χ3v) is 4.80. The fraction of sp³-hybridized carbons (Fsp3) is 0.333. The van der Waals surface area contributed by atoms with Crippen LogP contribution in [0, 0.1) is 6.92 Å². The molecule has 0 aromatic heterocycles. The van der Waals surface area contributed by atoms with Crippen LogP contribution in [0.25, 0.3) is 0 Å². The van der Waals surface area contributed by atoms with E-state index >= 15 is 0 Å². The maximum atomic E-state index is 6.29. The molecule has 0 nitrogen and oxygen atoms in total. The summed E-state index contributed by atoms with van der Waals surface area (Å²) in [5.74, 6) is 1.18. The highest BCUT2D eigenvalue weighted by atomic mass is 35.5. The monoisotopic (exact) mass is 270 g/mol. The average Bonchev–Trinajstić information content (AvgIpc) is 2.43. The SMILES string of the molecule is Cc1ccc(C2CCC(C)c3ccccc32)cc1Cl. The molecule has 0 spiro atoms. The molecule has 3 rings (SSSR count). The molecular weight excluding hydrogens is 252 g/mol. The topological polar surface area (TPSA) is 0 Å². The van der Waals surface area contributed by atoms with Crippen molar-refractivity contribution in [2.75, 3.05) is 0 Å². The molecule has 0 saturated heterocycles. The predicted molar refractivity (Wildman–Crippen MR) is 82.1 cm³/mol. The van der Waals surface area contributed by atoms with Crippen molar-refractivity contribution in [1.29, 1.82) is 0 Å². The molecule has 1 heteroatoms. The third kappa shape index (κ3) is 2.30. The van der Waals surface area contributed by atoms with Crippen molar-refractivity contribution in [3.8, 4) is 0 Å². The third-order valence-electron chi connectivity index (χ3n) is 4.39. The molecule has 0 aliphatic heterocycles. The first-order valence-electron chi connectivity index (χ1n) is 7.01. The van der Waals surface area contributed by atoms with Crippen LogP contribution in [0.4, 0.5) is 0 Å². The number of hydrogen-bond donors (Lipinski definition) is 0. The molecule has 0 fully saturated rings. The van der Waals surface area contributed by atoms with Gasteiger partial charge in [-0.15, -0.1) is 0 Å². The molecule has 19 heavy (non-hydrogen) atoms. The molecule has 2 atom stereocenters. The minimum absolute atomic E-state index is 0.505. The number of hydrogen-bond acceptors (Lipinski definition) is 0. The van der Waals surface area contributed by atoms with Gasteiger partial charge in [0.25, 0.3) is 0 Å². The van der Waals surface area contributed by atoms with Gasteiger partial charge in [-0.05, 0) is 54.0 Å².